The van der Waals surface area contributed by atoms with Gasteiger partial charge in [0.1, 0.15) is 0 Å². The Bertz CT molecular complexity index is 1010. The summed E-state index contributed by atoms with van der Waals surface area (Å²) in [5.41, 5.74) is 3.50. The molecule has 0 saturated heterocycles. The molecule has 3 rings (SSSR count). The zero-order valence-electron chi connectivity index (χ0n) is 13.9. The van der Waals surface area contributed by atoms with E-state index in [0.717, 1.165) is 22.3 Å². The van der Waals surface area contributed by atoms with Crippen molar-refractivity contribution in [1.82, 2.24) is 14.3 Å². The molecule has 122 valence electrons. The molecule has 0 bridgehead atoms. The molecule has 0 unspecified atom stereocenters. The summed E-state index contributed by atoms with van der Waals surface area (Å²) in [6, 6.07) is 7.98. The van der Waals surface area contributed by atoms with E-state index in [1.807, 2.05) is 17.6 Å². The first-order valence-corrected chi connectivity index (χ1v) is 8.50. The van der Waals surface area contributed by atoms with Gasteiger partial charge in [-0.15, -0.1) is 6.42 Å². The molecule has 0 atom stereocenters. The van der Waals surface area contributed by atoms with Crippen LogP contribution in [-0.4, -0.2) is 20.3 Å². The number of thiazole rings is 1. The van der Waals surface area contributed by atoms with Crippen molar-refractivity contribution in [3.63, 3.8) is 0 Å². The molecule has 0 fully saturated rings. The quantitative estimate of drug-likeness (QED) is 0.690. The Labute approximate surface area is 144 Å². The SMILES string of the molecule is C#CCn1c(=NC(=O)c2cc(C)n(C)n2)sc2cc(CC)ccc21. The van der Waals surface area contributed by atoms with E-state index in [9.17, 15) is 4.79 Å². The summed E-state index contributed by atoms with van der Waals surface area (Å²) < 4.78 is 4.64. The van der Waals surface area contributed by atoms with E-state index >= 15 is 0 Å². The molecule has 0 saturated carbocycles. The van der Waals surface area contributed by atoms with Gasteiger partial charge in [-0.2, -0.15) is 10.1 Å². The van der Waals surface area contributed by atoms with Crippen LogP contribution in [-0.2, 0) is 20.0 Å². The van der Waals surface area contributed by atoms with E-state index in [1.165, 1.54) is 16.9 Å². The van der Waals surface area contributed by atoms with Crippen LogP contribution in [0, 0.1) is 19.3 Å². The highest BCUT2D eigenvalue weighted by Crippen LogP contribution is 2.19. The monoisotopic (exact) mass is 338 g/mol. The summed E-state index contributed by atoms with van der Waals surface area (Å²) in [7, 11) is 1.80. The largest absolute Gasteiger partial charge is 0.305 e. The van der Waals surface area contributed by atoms with Crippen LogP contribution in [0.5, 0.6) is 0 Å². The summed E-state index contributed by atoms with van der Waals surface area (Å²) in [5, 5.41) is 4.19. The molecule has 2 heterocycles. The van der Waals surface area contributed by atoms with Crippen LogP contribution >= 0.6 is 11.3 Å². The number of nitrogens with zero attached hydrogens (tertiary/aromatic N) is 4. The first kappa shape index (κ1) is 16.2. The van der Waals surface area contributed by atoms with Gasteiger partial charge in [0.2, 0.25) is 0 Å². The lowest BCUT2D eigenvalue weighted by Crippen LogP contribution is -2.16. The van der Waals surface area contributed by atoms with Crippen molar-refractivity contribution in [3.05, 3.63) is 46.0 Å². The number of rotatable bonds is 3. The van der Waals surface area contributed by atoms with Gasteiger partial charge in [0.25, 0.3) is 5.91 Å². The maximum absolute atomic E-state index is 12.4. The van der Waals surface area contributed by atoms with Gasteiger partial charge in [-0.3, -0.25) is 9.48 Å². The van der Waals surface area contributed by atoms with Gasteiger partial charge in [-0.1, -0.05) is 30.2 Å². The molecule has 2 aromatic heterocycles. The number of carbonyl (C=O) groups excluding carboxylic acids is 1. The van der Waals surface area contributed by atoms with Crippen molar-refractivity contribution in [2.24, 2.45) is 12.0 Å². The summed E-state index contributed by atoms with van der Waals surface area (Å²) in [5.74, 6) is 2.28. The van der Waals surface area contributed by atoms with Crippen molar-refractivity contribution in [2.45, 2.75) is 26.8 Å². The average molecular weight is 338 g/mol. The van der Waals surface area contributed by atoms with Crippen LogP contribution in [0.25, 0.3) is 10.2 Å². The number of hydrogen-bond acceptors (Lipinski definition) is 3. The van der Waals surface area contributed by atoms with E-state index in [1.54, 1.807) is 17.8 Å². The Morgan fingerprint density at radius 3 is 2.83 bits per heavy atom. The topological polar surface area (TPSA) is 52.2 Å². The molecular weight excluding hydrogens is 320 g/mol. The minimum Gasteiger partial charge on any atom is -0.305 e. The average Bonchev–Trinajstić information content (AvgIpc) is 3.08. The molecule has 0 aliphatic carbocycles. The first-order chi connectivity index (χ1) is 11.5. The number of hydrogen-bond donors (Lipinski definition) is 0. The fourth-order valence-corrected chi connectivity index (χ4v) is 3.57. The highest BCUT2D eigenvalue weighted by molar-refractivity contribution is 7.16. The fourth-order valence-electron chi connectivity index (χ4n) is 2.48. The Hall–Kier alpha value is -2.65. The van der Waals surface area contributed by atoms with Crippen LogP contribution in [0.1, 0.15) is 28.7 Å². The second kappa shape index (κ2) is 6.46. The first-order valence-electron chi connectivity index (χ1n) is 7.69. The van der Waals surface area contributed by atoms with Crippen LogP contribution in [0.15, 0.2) is 29.3 Å². The molecule has 0 aliphatic rings. The van der Waals surface area contributed by atoms with Crippen molar-refractivity contribution in [1.29, 1.82) is 0 Å². The predicted molar refractivity (Wildman–Crippen MR) is 95.9 cm³/mol. The van der Waals surface area contributed by atoms with Crippen molar-refractivity contribution in [2.75, 3.05) is 0 Å². The van der Waals surface area contributed by atoms with Gasteiger partial charge < -0.3 is 4.57 Å². The Balaban J connectivity index is 2.15. The number of carbonyl (C=O) groups is 1. The van der Waals surface area contributed by atoms with E-state index in [2.05, 4.69) is 35.1 Å². The Morgan fingerprint density at radius 1 is 1.42 bits per heavy atom. The zero-order valence-corrected chi connectivity index (χ0v) is 14.7. The lowest BCUT2D eigenvalue weighted by molar-refractivity contribution is 0.0992. The van der Waals surface area contributed by atoms with Gasteiger partial charge >= 0.3 is 0 Å². The van der Waals surface area contributed by atoms with E-state index in [4.69, 9.17) is 6.42 Å². The van der Waals surface area contributed by atoms with Gasteiger partial charge in [-0.25, -0.2) is 0 Å². The maximum atomic E-state index is 12.4. The molecule has 6 heteroatoms. The van der Waals surface area contributed by atoms with Crippen molar-refractivity contribution in [3.8, 4) is 12.3 Å². The normalized spacial score (nSPS) is 11.8. The summed E-state index contributed by atoms with van der Waals surface area (Å²) in [4.78, 5) is 17.3. The zero-order chi connectivity index (χ0) is 17.3. The molecule has 1 aromatic carbocycles. The lowest BCUT2D eigenvalue weighted by Gasteiger charge is -2.00. The van der Waals surface area contributed by atoms with Crippen LogP contribution in [0.4, 0.5) is 0 Å². The van der Waals surface area contributed by atoms with Gasteiger partial charge in [0, 0.05) is 12.7 Å². The number of aryl methyl sites for hydroxylation is 3. The molecule has 0 aliphatic heterocycles. The summed E-state index contributed by atoms with van der Waals surface area (Å²) >= 11 is 1.47. The van der Waals surface area contributed by atoms with E-state index in [-0.39, 0.29) is 5.91 Å². The number of fused-ring (bicyclic) bond motifs is 1. The molecule has 0 N–H and O–H groups in total. The lowest BCUT2D eigenvalue weighted by atomic mass is 10.2. The molecule has 1 amide bonds. The predicted octanol–water partition coefficient (Wildman–Crippen LogP) is 2.68. The minimum atomic E-state index is -0.355. The highest BCUT2D eigenvalue weighted by atomic mass is 32.1. The van der Waals surface area contributed by atoms with Crippen LogP contribution in [0.3, 0.4) is 0 Å². The second-order valence-corrected chi connectivity index (χ2v) is 6.55. The number of terminal acetylenes is 1. The third-order valence-corrected chi connectivity index (χ3v) is 4.98. The molecule has 0 radical (unpaired) electrons. The molecule has 5 nitrogen and oxygen atoms in total. The Kier molecular flexibility index (Phi) is 4.36. The standard InChI is InChI=1S/C18H18N4OS/c1-5-9-22-15-8-7-13(6-2)11-16(15)24-18(22)19-17(23)14-10-12(3)21(4)20-14/h1,7-8,10-11H,6,9H2,2-4H3. The van der Waals surface area contributed by atoms with E-state index in [0.29, 0.717) is 17.0 Å². The molecule has 3 aromatic rings. The van der Waals surface area contributed by atoms with E-state index < -0.39 is 0 Å². The van der Waals surface area contributed by atoms with Gasteiger partial charge in [-0.05, 0) is 37.1 Å². The summed E-state index contributed by atoms with van der Waals surface area (Å²) in [6.07, 6.45) is 6.45. The molecule has 24 heavy (non-hydrogen) atoms. The second-order valence-electron chi connectivity index (χ2n) is 5.54. The van der Waals surface area contributed by atoms with Crippen molar-refractivity contribution < 1.29 is 4.79 Å². The van der Waals surface area contributed by atoms with Crippen LogP contribution in [0.2, 0.25) is 0 Å². The van der Waals surface area contributed by atoms with Crippen molar-refractivity contribution >= 4 is 27.5 Å². The van der Waals surface area contributed by atoms with Gasteiger partial charge in [0.15, 0.2) is 10.5 Å². The smallest absolute Gasteiger partial charge is 0.300 e. The Morgan fingerprint density at radius 2 is 2.21 bits per heavy atom. The molecular formula is C18H18N4OS. The van der Waals surface area contributed by atoms with Gasteiger partial charge in [0.05, 0.1) is 16.8 Å². The fraction of sp³-hybridized carbons (Fsp3) is 0.278. The maximum Gasteiger partial charge on any atom is 0.300 e. The summed E-state index contributed by atoms with van der Waals surface area (Å²) in [6.45, 7) is 4.38. The molecule has 0 spiro atoms. The number of amides is 1. The number of benzene rings is 1. The van der Waals surface area contributed by atoms with Crippen LogP contribution < -0.4 is 4.80 Å². The highest BCUT2D eigenvalue weighted by Gasteiger charge is 2.12. The third-order valence-electron chi connectivity index (χ3n) is 3.93. The number of aromatic nitrogens is 3. The minimum absolute atomic E-state index is 0.342. The third kappa shape index (κ3) is 2.91.